The lowest BCUT2D eigenvalue weighted by molar-refractivity contribution is 0.546. The van der Waals surface area contributed by atoms with Crippen molar-refractivity contribution in [2.24, 2.45) is 0 Å². The molecule has 3 heteroatoms. The number of nitrogens with one attached hydrogen (secondary N) is 1. The molecule has 0 saturated heterocycles. The van der Waals surface area contributed by atoms with Gasteiger partial charge in [-0.05, 0) is 42.7 Å². The fraction of sp³-hybridized carbons (Fsp3) is 0.312. The van der Waals surface area contributed by atoms with Crippen LogP contribution in [-0.2, 0) is 12.8 Å². The minimum absolute atomic E-state index is 0.411. The Kier molecular flexibility index (Phi) is 3.00. The summed E-state index contributed by atoms with van der Waals surface area (Å²) >= 11 is 0. The molecule has 1 aliphatic rings. The summed E-state index contributed by atoms with van der Waals surface area (Å²) in [6.07, 6.45) is 4.29. The van der Waals surface area contributed by atoms with Crippen LogP contribution in [0.1, 0.15) is 41.1 Å². The molecule has 19 heavy (non-hydrogen) atoms. The van der Waals surface area contributed by atoms with Crippen LogP contribution < -0.4 is 5.73 Å². The van der Waals surface area contributed by atoms with Gasteiger partial charge in [0.1, 0.15) is 11.9 Å². The van der Waals surface area contributed by atoms with Gasteiger partial charge >= 0.3 is 0 Å². The molecule has 0 bridgehead atoms. The fourth-order valence-electron chi connectivity index (χ4n) is 3.13. The van der Waals surface area contributed by atoms with E-state index in [0.29, 0.717) is 17.3 Å². The molecular formula is C16H17N3. The standard InChI is InChI=1S/C16H17N3/c17-10-13-15-12(9-11-5-2-1-3-6-11)7-4-8-14(15)19-16(13)18/h1-3,5-6,12,19H,4,7-9,18H2. The number of benzene rings is 1. The Morgan fingerprint density at radius 2 is 2.11 bits per heavy atom. The first-order chi connectivity index (χ1) is 9.29. The number of anilines is 1. The SMILES string of the molecule is N#Cc1c(N)[nH]c2c1C(Cc1ccccc1)CCC2. The van der Waals surface area contributed by atoms with Gasteiger partial charge in [0.05, 0.1) is 5.56 Å². The van der Waals surface area contributed by atoms with Gasteiger partial charge in [-0.25, -0.2) is 0 Å². The zero-order chi connectivity index (χ0) is 13.2. The number of hydrogen-bond acceptors (Lipinski definition) is 2. The Balaban J connectivity index is 1.96. The lowest BCUT2D eigenvalue weighted by Crippen LogP contribution is -2.12. The van der Waals surface area contributed by atoms with Crippen molar-refractivity contribution in [2.75, 3.05) is 5.73 Å². The third-order valence-electron chi connectivity index (χ3n) is 3.97. The van der Waals surface area contributed by atoms with Crippen molar-refractivity contribution in [3.05, 3.63) is 52.7 Å². The van der Waals surface area contributed by atoms with Crippen molar-refractivity contribution < 1.29 is 0 Å². The Bertz CT molecular complexity index is 619. The second kappa shape index (κ2) is 4.81. The molecule has 0 fully saturated rings. The average molecular weight is 251 g/mol. The fourth-order valence-corrected chi connectivity index (χ4v) is 3.13. The first kappa shape index (κ1) is 11.9. The van der Waals surface area contributed by atoms with Crippen molar-refractivity contribution in [3.8, 4) is 6.07 Å². The largest absolute Gasteiger partial charge is 0.384 e. The number of nitrogens with two attached hydrogens (primary N) is 1. The van der Waals surface area contributed by atoms with Crippen molar-refractivity contribution in [2.45, 2.75) is 31.6 Å². The molecule has 1 unspecified atom stereocenters. The lowest BCUT2D eigenvalue weighted by atomic mass is 9.81. The highest BCUT2D eigenvalue weighted by molar-refractivity contribution is 5.59. The molecule has 0 saturated carbocycles. The number of fused-ring (bicyclic) bond motifs is 1. The summed E-state index contributed by atoms with van der Waals surface area (Å²) in [6.45, 7) is 0. The predicted octanol–water partition coefficient (Wildman–Crippen LogP) is 3.13. The first-order valence-electron chi connectivity index (χ1n) is 6.74. The van der Waals surface area contributed by atoms with E-state index >= 15 is 0 Å². The molecule has 3 nitrogen and oxygen atoms in total. The topological polar surface area (TPSA) is 65.6 Å². The van der Waals surface area contributed by atoms with Crippen LogP contribution in [0.25, 0.3) is 0 Å². The Hall–Kier alpha value is -2.21. The number of nitrogens with zero attached hydrogens (tertiary/aromatic N) is 1. The summed E-state index contributed by atoms with van der Waals surface area (Å²) in [5.41, 5.74) is 10.2. The zero-order valence-corrected chi connectivity index (χ0v) is 10.8. The van der Waals surface area contributed by atoms with Crippen molar-refractivity contribution >= 4 is 5.82 Å². The maximum absolute atomic E-state index is 9.30. The molecule has 1 heterocycles. The van der Waals surface area contributed by atoms with E-state index < -0.39 is 0 Å². The van der Waals surface area contributed by atoms with E-state index in [4.69, 9.17) is 5.73 Å². The van der Waals surface area contributed by atoms with Crippen LogP contribution >= 0.6 is 0 Å². The number of nitrogen functional groups attached to an aromatic ring is 1. The van der Waals surface area contributed by atoms with Crippen LogP contribution in [0, 0.1) is 11.3 Å². The van der Waals surface area contributed by atoms with Gasteiger partial charge in [-0.15, -0.1) is 0 Å². The van der Waals surface area contributed by atoms with Gasteiger partial charge < -0.3 is 10.7 Å². The van der Waals surface area contributed by atoms with Crippen LogP contribution in [-0.4, -0.2) is 4.98 Å². The summed E-state index contributed by atoms with van der Waals surface area (Å²) in [4.78, 5) is 3.19. The lowest BCUT2D eigenvalue weighted by Gasteiger charge is -2.23. The van der Waals surface area contributed by atoms with E-state index in [1.54, 1.807) is 0 Å². The maximum Gasteiger partial charge on any atom is 0.119 e. The highest BCUT2D eigenvalue weighted by atomic mass is 14.9. The van der Waals surface area contributed by atoms with Gasteiger partial charge in [0.25, 0.3) is 0 Å². The molecule has 0 amide bonds. The molecule has 1 aromatic heterocycles. The normalized spacial score (nSPS) is 17.7. The molecule has 1 atom stereocenters. The number of rotatable bonds is 2. The number of nitriles is 1. The zero-order valence-electron chi connectivity index (χ0n) is 10.8. The summed E-state index contributed by atoms with van der Waals surface area (Å²) in [5.74, 6) is 0.946. The average Bonchev–Trinajstić information content (AvgIpc) is 2.76. The van der Waals surface area contributed by atoms with E-state index in [1.165, 1.54) is 11.3 Å². The summed E-state index contributed by atoms with van der Waals surface area (Å²) in [5, 5.41) is 9.30. The highest BCUT2D eigenvalue weighted by Gasteiger charge is 2.27. The monoisotopic (exact) mass is 251 g/mol. The van der Waals surface area contributed by atoms with E-state index in [9.17, 15) is 5.26 Å². The molecule has 0 radical (unpaired) electrons. The smallest absolute Gasteiger partial charge is 0.119 e. The van der Waals surface area contributed by atoms with E-state index in [0.717, 1.165) is 31.2 Å². The number of aryl methyl sites for hydroxylation is 1. The number of H-pyrrole nitrogens is 1. The molecule has 0 spiro atoms. The molecule has 1 aromatic carbocycles. The molecular weight excluding hydrogens is 234 g/mol. The van der Waals surface area contributed by atoms with Gasteiger partial charge in [-0.2, -0.15) is 5.26 Å². The van der Waals surface area contributed by atoms with Crippen LogP contribution in [0.3, 0.4) is 0 Å². The maximum atomic E-state index is 9.30. The van der Waals surface area contributed by atoms with Crippen molar-refractivity contribution in [3.63, 3.8) is 0 Å². The number of hydrogen-bond donors (Lipinski definition) is 2. The van der Waals surface area contributed by atoms with Gasteiger partial charge in [0, 0.05) is 5.69 Å². The van der Waals surface area contributed by atoms with Crippen LogP contribution in [0.15, 0.2) is 30.3 Å². The molecule has 3 rings (SSSR count). The molecule has 3 N–H and O–H groups in total. The Morgan fingerprint density at radius 1 is 1.32 bits per heavy atom. The Labute approximate surface area is 113 Å². The minimum atomic E-state index is 0.411. The predicted molar refractivity (Wildman–Crippen MR) is 75.7 cm³/mol. The molecule has 0 aliphatic heterocycles. The van der Waals surface area contributed by atoms with Gasteiger partial charge in [0.2, 0.25) is 0 Å². The highest BCUT2D eigenvalue weighted by Crippen LogP contribution is 2.38. The summed E-state index contributed by atoms with van der Waals surface area (Å²) in [7, 11) is 0. The molecule has 1 aliphatic carbocycles. The van der Waals surface area contributed by atoms with Gasteiger partial charge in [-0.3, -0.25) is 0 Å². The second-order valence-corrected chi connectivity index (χ2v) is 5.20. The van der Waals surface area contributed by atoms with E-state index in [2.05, 4.69) is 35.3 Å². The summed E-state index contributed by atoms with van der Waals surface area (Å²) in [6, 6.07) is 12.7. The number of aromatic amines is 1. The minimum Gasteiger partial charge on any atom is -0.384 e. The second-order valence-electron chi connectivity index (χ2n) is 5.20. The first-order valence-corrected chi connectivity index (χ1v) is 6.74. The van der Waals surface area contributed by atoms with Crippen molar-refractivity contribution in [1.29, 1.82) is 5.26 Å². The van der Waals surface area contributed by atoms with E-state index in [-0.39, 0.29) is 0 Å². The third-order valence-corrected chi connectivity index (χ3v) is 3.97. The van der Waals surface area contributed by atoms with Gasteiger partial charge in [-0.1, -0.05) is 30.3 Å². The van der Waals surface area contributed by atoms with Crippen LogP contribution in [0.5, 0.6) is 0 Å². The molecule has 2 aromatic rings. The van der Waals surface area contributed by atoms with Crippen LogP contribution in [0.4, 0.5) is 5.82 Å². The van der Waals surface area contributed by atoms with Crippen molar-refractivity contribution in [1.82, 2.24) is 4.98 Å². The summed E-state index contributed by atoms with van der Waals surface area (Å²) < 4.78 is 0. The Morgan fingerprint density at radius 3 is 2.84 bits per heavy atom. The van der Waals surface area contributed by atoms with Crippen LogP contribution in [0.2, 0.25) is 0 Å². The number of aromatic nitrogens is 1. The quantitative estimate of drug-likeness (QED) is 0.861. The third kappa shape index (κ3) is 2.10. The van der Waals surface area contributed by atoms with Gasteiger partial charge in [0.15, 0.2) is 0 Å². The molecule has 96 valence electrons. The van der Waals surface area contributed by atoms with E-state index in [1.807, 2.05) is 6.07 Å².